The van der Waals surface area contributed by atoms with Gasteiger partial charge in [0.2, 0.25) is 5.91 Å². The molecule has 0 saturated carbocycles. The van der Waals surface area contributed by atoms with Crippen molar-refractivity contribution in [3.05, 3.63) is 29.8 Å². The number of amides is 1. The zero-order valence-corrected chi connectivity index (χ0v) is 12.6. The van der Waals surface area contributed by atoms with Crippen LogP contribution in [-0.4, -0.2) is 43.7 Å². The van der Waals surface area contributed by atoms with Crippen LogP contribution in [0.15, 0.2) is 24.3 Å². The lowest BCUT2D eigenvalue weighted by Crippen LogP contribution is -2.41. The van der Waals surface area contributed by atoms with Crippen LogP contribution in [0, 0.1) is 0 Å². The molecule has 112 valence electrons. The monoisotopic (exact) mass is 279 g/mol. The molecule has 0 aliphatic carbocycles. The summed E-state index contributed by atoms with van der Waals surface area (Å²) in [7, 11) is 1.67. The van der Waals surface area contributed by atoms with Gasteiger partial charge < -0.3 is 15.8 Å². The molecule has 1 atom stereocenters. The fraction of sp³-hybridized carbons (Fsp3) is 0.533. The number of anilines is 1. The van der Waals surface area contributed by atoms with E-state index in [9.17, 15) is 4.79 Å². The number of hydrogen-bond acceptors (Lipinski definition) is 4. The second-order valence-electron chi connectivity index (χ2n) is 4.82. The Labute approximate surface area is 121 Å². The summed E-state index contributed by atoms with van der Waals surface area (Å²) in [5.41, 5.74) is 7.38. The van der Waals surface area contributed by atoms with E-state index in [1.807, 2.05) is 31.2 Å². The van der Waals surface area contributed by atoms with Crippen molar-refractivity contribution >= 4 is 11.6 Å². The smallest absolute Gasteiger partial charge is 0.238 e. The number of methoxy groups -OCH3 is 1. The van der Waals surface area contributed by atoms with Crippen LogP contribution in [0.4, 0.5) is 5.69 Å². The summed E-state index contributed by atoms with van der Waals surface area (Å²) in [4.78, 5) is 14.1. The quantitative estimate of drug-likeness (QED) is 0.755. The van der Waals surface area contributed by atoms with Gasteiger partial charge in [0.1, 0.15) is 0 Å². The summed E-state index contributed by atoms with van der Waals surface area (Å²) in [6, 6.07) is 7.81. The molecule has 5 nitrogen and oxygen atoms in total. The lowest BCUT2D eigenvalue weighted by molar-refractivity contribution is -0.118. The van der Waals surface area contributed by atoms with Crippen LogP contribution in [0.25, 0.3) is 0 Å². The molecule has 0 aliphatic heterocycles. The minimum absolute atomic E-state index is 0.0241. The molecule has 0 aromatic heterocycles. The highest BCUT2D eigenvalue weighted by Crippen LogP contribution is 2.10. The number of benzene rings is 1. The number of nitrogens with one attached hydrogen (secondary N) is 1. The van der Waals surface area contributed by atoms with Crippen molar-refractivity contribution in [1.82, 2.24) is 4.90 Å². The molecule has 1 amide bonds. The second kappa shape index (κ2) is 8.68. The maximum atomic E-state index is 12.1. The number of nitrogens with two attached hydrogens (primary N) is 1. The lowest BCUT2D eigenvalue weighted by Gasteiger charge is -2.26. The van der Waals surface area contributed by atoms with E-state index in [4.69, 9.17) is 10.5 Å². The van der Waals surface area contributed by atoms with Crippen LogP contribution in [0.1, 0.15) is 19.4 Å². The molecule has 0 saturated heterocycles. The van der Waals surface area contributed by atoms with Gasteiger partial charge in [-0.1, -0.05) is 19.1 Å². The van der Waals surface area contributed by atoms with E-state index >= 15 is 0 Å². The van der Waals surface area contributed by atoms with Crippen molar-refractivity contribution in [2.45, 2.75) is 26.4 Å². The van der Waals surface area contributed by atoms with Gasteiger partial charge in [-0.05, 0) is 31.2 Å². The predicted molar refractivity (Wildman–Crippen MR) is 81.5 cm³/mol. The Hall–Kier alpha value is -1.43. The molecule has 20 heavy (non-hydrogen) atoms. The van der Waals surface area contributed by atoms with E-state index in [0.717, 1.165) is 17.8 Å². The summed E-state index contributed by atoms with van der Waals surface area (Å²) in [5.74, 6) is -0.0241. The zero-order valence-electron chi connectivity index (χ0n) is 12.6. The summed E-state index contributed by atoms with van der Waals surface area (Å²) in [6.07, 6.45) is 0. The van der Waals surface area contributed by atoms with E-state index in [1.165, 1.54) is 0 Å². The molecule has 3 N–H and O–H groups in total. The van der Waals surface area contributed by atoms with Crippen LogP contribution < -0.4 is 11.1 Å². The lowest BCUT2D eigenvalue weighted by atomic mass is 10.2. The third-order valence-corrected chi connectivity index (χ3v) is 3.23. The van der Waals surface area contributed by atoms with Gasteiger partial charge in [0.25, 0.3) is 0 Å². The Morgan fingerprint density at radius 2 is 2.25 bits per heavy atom. The Morgan fingerprint density at radius 3 is 2.85 bits per heavy atom. The number of likely N-dealkylation sites (N-methyl/N-ethyl adjacent to an activating group) is 1. The maximum Gasteiger partial charge on any atom is 0.238 e. The van der Waals surface area contributed by atoms with Crippen molar-refractivity contribution in [3.63, 3.8) is 0 Å². The summed E-state index contributed by atoms with van der Waals surface area (Å²) >= 11 is 0. The van der Waals surface area contributed by atoms with Gasteiger partial charge in [-0.15, -0.1) is 0 Å². The van der Waals surface area contributed by atoms with Gasteiger partial charge in [0, 0.05) is 25.4 Å². The number of rotatable bonds is 8. The van der Waals surface area contributed by atoms with Gasteiger partial charge in [-0.2, -0.15) is 0 Å². The Morgan fingerprint density at radius 1 is 1.50 bits per heavy atom. The van der Waals surface area contributed by atoms with Crippen LogP contribution in [0.5, 0.6) is 0 Å². The van der Waals surface area contributed by atoms with Gasteiger partial charge in [0.15, 0.2) is 0 Å². The number of nitrogens with zero attached hydrogens (tertiary/aromatic N) is 1. The van der Waals surface area contributed by atoms with Crippen molar-refractivity contribution in [3.8, 4) is 0 Å². The molecule has 5 heteroatoms. The van der Waals surface area contributed by atoms with Gasteiger partial charge >= 0.3 is 0 Å². The molecule has 0 fully saturated rings. The van der Waals surface area contributed by atoms with Crippen LogP contribution in [0.3, 0.4) is 0 Å². The van der Waals surface area contributed by atoms with E-state index < -0.39 is 0 Å². The highest BCUT2D eigenvalue weighted by molar-refractivity contribution is 5.92. The average Bonchev–Trinajstić information content (AvgIpc) is 2.45. The third kappa shape index (κ3) is 5.28. The van der Waals surface area contributed by atoms with E-state index in [-0.39, 0.29) is 11.9 Å². The molecule has 0 heterocycles. The van der Waals surface area contributed by atoms with Crippen LogP contribution >= 0.6 is 0 Å². The van der Waals surface area contributed by atoms with Gasteiger partial charge in [0.05, 0.1) is 13.2 Å². The first-order valence-electron chi connectivity index (χ1n) is 6.92. The highest BCUT2D eigenvalue weighted by atomic mass is 16.5. The molecule has 1 aromatic rings. The summed E-state index contributed by atoms with van der Waals surface area (Å²) in [6.45, 7) is 6.33. The van der Waals surface area contributed by atoms with Gasteiger partial charge in [-0.25, -0.2) is 0 Å². The summed E-state index contributed by atoms with van der Waals surface area (Å²) < 4.78 is 5.13. The van der Waals surface area contributed by atoms with Crippen molar-refractivity contribution in [1.29, 1.82) is 0 Å². The average molecular weight is 279 g/mol. The largest absolute Gasteiger partial charge is 0.383 e. The SMILES string of the molecule is CCN(CC(=O)Nc1cccc(CN)c1)C(C)COC. The second-order valence-corrected chi connectivity index (χ2v) is 4.82. The molecule has 1 unspecified atom stereocenters. The Kier molecular flexibility index (Phi) is 7.22. The molecule has 0 aliphatic rings. The minimum atomic E-state index is -0.0241. The first-order valence-corrected chi connectivity index (χ1v) is 6.92. The summed E-state index contributed by atoms with van der Waals surface area (Å²) in [5, 5.41) is 2.90. The minimum Gasteiger partial charge on any atom is -0.383 e. The van der Waals surface area contributed by atoms with Crippen LogP contribution in [0.2, 0.25) is 0 Å². The molecular formula is C15H25N3O2. The van der Waals surface area contributed by atoms with E-state index in [0.29, 0.717) is 19.7 Å². The maximum absolute atomic E-state index is 12.1. The highest BCUT2D eigenvalue weighted by Gasteiger charge is 2.15. The molecular weight excluding hydrogens is 254 g/mol. The van der Waals surface area contributed by atoms with E-state index in [1.54, 1.807) is 7.11 Å². The normalized spacial score (nSPS) is 12.4. The van der Waals surface area contributed by atoms with Crippen molar-refractivity contribution in [2.75, 3.05) is 32.1 Å². The molecule has 0 radical (unpaired) electrons. The van der Waals surface area contributed by atoms with E-state index in [2.05, 4.69) is 17.1 Å². The Balaban J connectivity index is 2.57. The standard InChI is InChI=1S/C15H25N3O2/c1-4-18(12(2)11-20-3)10-15(19)17-14-7-5-6-13(8-14)9-16/h5-8,12H,4,9-11,16H2,1-3H3,(H,17,19). The van der Waals surface area contributed by atoms with Crippen LogP contribution in [-0.2, 0) is 16.1 Å². The first-order chi connectivity index (χ1) is 9.60. The Bertz CT molecular complexity index is 423. The first kappa shape index (κ1) is 16.6. The zero-order chi connectivity index (χ0) is 15.0. The van der Waals surface area contributed by atoms with Crippen molar-refractivity contribution in [2.24, 2.45) is 5.73 Å². The topological polar surface area (TPSA) is 67.6 Å². The number of carbonyl (C=O) groups is 1. The fourth-order valence-corrected chi connectivity index (χ4v) is 2.09. The molecule has 1 aromatic carbocycles. The van der Waals surface area contributed by atoms with Crippen molar-refractivity contribution < 1.29 is 9.53 Å². The molecule has 0 bridgehead atoms. The molecule has 0 spiro atoms. The number of carbonyl (C=O) groups excluding carboxylic acids is 1. The number of hydrogen-bond donors (Lipinski definition) is 2. The third-order valence-electron chi connectivity index (χ3n) is 3.23. The molecule has 1 rings (SSSR count). The van der Waals surface area contributed by atoms with Gasteiger partial charge in [-0.3, -0.25) is 9.69 Å². The number of ether oxygens (including phenoxy) is 1. The predicted octanol–water partition coefficient (Wildman–Crippen LogP) is 1.44. The fourth-order valence-electron chi connectivity index (χ4n) is 2.09.